The second-order valence-electron chi connectivity index (χ2n) is 4.74. The van der Waals surface area contributed by atoms with Crippen LogP contribution in [0.4, 0.5) is 0 Å². The average molecular weight is 243 g/mol. The van der Waals surface area contributed by atoms with Crippen LogP contribution in [0.3, 0.4) is 0 Å². The molecule has 0 bridgehead atoms. The molecule has 0 N–H and O–H groups in total. The van der Waals surface area contributed by atoms with Crippen molar-refractivity contribution in [2.75, 3.05) is 26.8 Å². The Hall–Kier alpha value is -0.610. The molecule has 4 nitrogen and oxygen atoms in total. The molecule has 1 aliphatic heterocycles. The lowest BCUT2D eigenvalue weighted by Crippen LogP contribution is -2.46. The minimum Gasteiger partial charge on any atom is -0.469 e. The highest BCUT2D eigenvalue weighted by Crippen LogP contribution is 2.20. The molecule has 0 aromatic carbocycles. The first-order chi connectivity index (χ1) is 8.10. The van der Waals surface area contributed by atoms with E-state index in [1.807, 2.05) is 13.8 Å². The van der Waals surface area contributed by atoms with E-state index in [1.54, 1.807) is 0 Å². The third kappa shape index (κ3) is 3.96. The summed E-state index contributed by atoms with van der Waals surface area (Å²) in [7, 11) is 1.45. The fourth-order valence-corrected chi connectivity index (χ4v) is 2.38. The van der Waals surface area contributed by atoms with Gasteiger partial charge in [0.25, 0.3) is 0 Å². The van der Waals surface area contributed by atoms with Gasteiger partial charge in [-0.1, -0.05) is 6.92 Å². The van der Waals surface area contributed by atoms with Crippen LogP contribution < -0.4 is 0 Å². The van der Waals surface area contributed by atoms with Gasteiger partial charge in [0.2, 0.25) is 0 Å². The van der Waals surface area contributed by atoms with Gasteiger partial charge in [-0.2, -0.15) is 0 Å². The maximum Gasteiger partial charge on any atom is 0.309 e. The van der Waals surface area contributed by atoms with Crippen molar-refractivity contribution in [1.82, 2.24) is 4.90 Å². The van der Waals surface area contributed by atoms with Crippen molar-refractivity contribution in [1.29, 1.82) is 0 Å². The van der Waals surface area contributed by atoms with E-state index in [0.29, 0.717) is 6.10 Å². The van der Waals surface area contributed by atoms with Crippen molar-refractivity contribution in [3.05, 3.63) is 0 Å². The van der Waals surface area contributed by atoms with Crippen molar-refractivity contribution in [3.63, 3.8) is 0 Å². The minimum atomic E-state index is -0.121. The molecule has 0 radical (unpaired) electrons. The standard InChI is InChI=1S/C13H25NO3/c1-5-17-12-6-8-14(9-7-12)11(3)10(2)13(15)16-4/h10-12H,5-9H2,1-4H3. The SMILES string of the molecule is CCOC1CCN(C(C)C(C)C(=O)OC)CC1. The van der Waals surface area contributed by atoms with E-state index in [1.165, 1.54) is 7.11 Å². The van der Waals surface area contributed by atoms with Crippen LogP contribution in [0.5, 0.6) is 0 Å². The van der Waals surface area contributed by atoms with E-state index in [2.05, 4.69) is 11.8 Å². The summed E-state index contributed by atoms with van der Waals surface area (Å²) < 4.78 is 10.4. The van der Waals surface area contributed by atoms with E-state index in [9.17, 15) is 4.79 Å². The average Bonchev–Trinajstić information content (AvgIpc) is 2.37. The van der Waals surface area contributed by atoms with Crippen LogP contribution in [0.15, 0.2) is 0 Å². The number of carbonyl (C=O) groups is 1. The molecule has 0 spiro atoms. The summed E-state index contributed by atoms with van der Waals surface area (Å²) in [5.74, 6) is -0.187. The summed E-state index contributed by atoms with van der Waals surface area (Å²) in [6.07, 6.45) is 2.52. The Morgan fingerprint density at radius 2 is 1.94 bits per heavy atom. The molecule has 1 aliphatic rings. The van der Waals surface area contributed by atoms with Crippen LogP contribution in [-0.2, 0) is 14.3 Å². The Labute approximate surface area is 104 Å². The number of hydrogen-bond acceptors (Lipinski definition) is 4. The summed E-state index contributed by atoms with van der Waals surface area (Å²) in [4.78, 5) is 13.8. The zero-order chi connectivity index (χ0) is 12.8. The number of nitrogens with zero attached hydrogens (tertiary/aromatic N) is 1. The van der Waals surface area contributed by atoms with Gasteiger partial charge in [-0.05, 0) is 26.7 Å². The molecule has 4 heteroatoms. The molecule has 0 aromatic rings. The summed E-state index contributed by atoms with van der Waals surface area (Å²) in [6.45, 7) is 8.88. The zero-order valence-corrected chi connectivity index (χ0v) is 11.4. The van der Waals surface area contributed by atoms with Gasteiger partial charge in [0.1, 0.15) is 0 Å². The number of piperidine rings is 1. The van der Waals surface area contributed by atoms with Gasteiger partial charge in [0, 0.05) is 25.7 Å². The number of carbonyl (C=O) groups excluding carboxylic acids is 1. The Kier molecular flexibility index (Phi) is 5.92. The van der Waals surface area contributed by atoms with Gasteiger partial charge in [0.15, 0.2) is 0 Å². The maximum atomic E-state index is 11.5. The first kappa shape index (κ1) is 14.5. The van der Waals surface area contributed by atoms with E-state index in [-0.39, 0.29) is 17.9 Å². The topological polar surface area (TPSA) is 38.8 Å². The largest absolute Gasteiger partial charge is 0.469 e. The molecule has 2 unspecified atom stereocenters. The molecular weight excluding hydrogens is 218 g/mol. The van der Waals surface area contributed by atoms with Crippen LogP contribution in [0.1, 0.15) is 33.6 Å². The van der Waals surface area contributed by atoms with Crippen molar-refractivity contribution >= 4 is 5.97 Å². The highest BCUT2D eigenvalue weighted by atomic mass is 16.5. The molecular formula is C13H25NO3. The van der Waals surface area contributed by atoms with E-state index in [0.717, 1.165) is 32.5 Å². The van der Waals surface area contributed by atoms with Crippen molar-refractivity contribution in [2.24, 2.45) is 5.92 Å². The smallest absolute Gasteiger partial charge is 0.309 e. The van der Waals surface area contributed by atoms with Gasteiger partial charge >= 0.3 is 5.97 Å². The molecule has 1 rings (SSSR count). The predicted molar refractivity (Wildman–Crippen MR) is 66.9 cm³/mol. The second kappa shape index (κ2) is 6.97. The highest BCUT2D eigenvalue weighted by molar-refractivity contribution is 5.72. The Morgan fingerprint density at radius 3 is 2.41 bits per heavy atom. The molecule has 0 amide bonds. The van der Waals surface area contributed by atoms with Crippen molar-refractivity contribution < 1.29 is 14.3 Å². The van der Waals surface area contributed by atoms with Crippen LogP contribution >= 0.6 is 0 Å². The third-order valence-electron chi connectivity index (χ3n) is 3.75. The van der Waals surface area contributed by atoms with Crippen molar-refractivity contribution in [3.8, 4) is 0 Å². The number of likely N-dealkylation sites (tertiary alicyclic amines) is 1. The lowest BCUT2D eigenvalue weighted by molar-refractivity contribution is -0.147. The molecule has 0 aliphatic carbocycles. The Bertz CT molecular complexity index is 237. The summed E-state index contributed by atoms with van der Waals surface area (Å²) in [6, 6.07) is 0.241. The molecule has 1 fully saturated rings. The van der Waals surface area contributed by atoms with Crippen LogP contribution in [0, 0.1) is 5.92 Å². The quantitative estimate of drug-likeness (QED) is 0.689. The first-order valence-electron chi connectivity index (χ1n) is 6.53. The number of esters is 1. The molecule has 100 valence electrons. The van der Waals surface area contributed by atoms with E-state index in [4.69, 9.17) is 9.47 Å². The number of ether oxygens (including phenoxy) is 2. The normalized spacial score (nSPS) is 22.1. The van der Waals surface area contributed by atoms with Gasteiger partial charge in [-0.3, -0.25) is 9.69 Å². The molecule has 0 aromatic heterocycles. The fraction of sp³-hybridized carbons (Fsp3) is 0.923. The van der Waals surface area contributed by atoms with Crippen LogP contribution in [0.2, 0.25) is 0 Å². The zero-order valence-electron chi connectivity index (χ0n) is 11.4. The summed E-state index contributed by atoms with van der Waals surface area (Å²) in [5.41, 5.74) is 0. The lowest BCUT2D eigenvalue weighted by atomic mass is 9.98. The molecule has 1 saturated heterocycles. The highest BCUT2D eigenvalue weighted by Gasteiger charge is 2.29. The second-order valence-corrected chi connectivity index (χ2v) is 4.74. The van der Waals surface area contributed by atoms with Crippen LogP contribution in [-0.4, -0.2) is 49.8 Å². The number of methoxy groups -OCH3 is 1. The van der Waals surface area contributed by atoms with Gasteiger partial charge in [-0.25, -0.2) is 0 Å². The van der Waals surface area contributed by atoms with E-state index < -0.39 is 0 Å². The molecule has 0 saturated carbocycles. The molecule has 17 heavy (non-hydrogen) atoms. The molecule has 2 atom stereocenters. The van der Waals surface area contributed by atoms with Crippen molar-refractivity contribution in [2.45, 2.75) is 45.8 Å². The summed E-state index contributed by atoms with van der Waals surface area (Å²) >= 11 is 0. The Balaban J connectivity index is 2.40. The fourth-order valence-electron chi connectivity index (χ4n) is 2.38. The van der Waals surface area contributed by atoms with E-state index >= 15 is 0 Å². The number of rotatable bonds is 5. The lowest BCUT2D eigenvalue weighted by Gasteiger charge is -2.37. The van der Waals surface area contributed by atoms with Gasteiger partial charge in [0.05, 0.1) is 19.1 Å². The first-order valence-corrected chi connectivity index (χ1v) is 6.53. The number of hydrogen-bond donors (Lipinski definition) is 0. The maximum absolute atomic E-state index is 11.5. The van der Waals surface area contributed by atoms with Gasteiger partial charge < -0.3 is 9.47 Å². The minimum absolute atomic E-state index is 0.0661. The van der Waals surface area contributed by atoms with Gasteiger partial charge in [-0.15, -0.1) is 0 Å². The predicted octanol–water partition coefficient (Wildman–Crippen LogP) is 1.68. The third-order valence-corrected chi connectivity index (χ3v) is 3.75. The summed E-state index contributed by atoms with van der Waals surface area (Å²) in [5, 5.41) is 0. The Morgan fingerprint density at radius 1 is 1.35 bits per heavy atom. The monoisotopic (exact) mass is 243 g/mol. The molecule has 1 heterocycles. The van der Waals surface area contributed by atoms with Crippen LogP contribution in [0.25, 0.3) is 0 Å².